The fraction of sp³-hybridized carbons (Fsp3) is 0.500. The van der Waals surface area contributed by atoms with E-state index in [2.05, 4.69) is 10.1 Å². The lowest BCUT2D eigenvalue weighted by Gasteiger charge is -2.60. The van der Waals surface area contributed by atoms with Gasteiger partial charge in [0.15, 0.2) is 18.2 Å². The Labute approximate surface area is 247 Å². The summed E-state index contributed by atoms with van der Waals surface area (Å²) < 4.78 is 35.2. The molecule has 2 saturated heterocycles. The van der Waals surface area contributed by atoms with Gasteiger partial charge < -0.3 is 35.4 Å². The van der Waals surface area contributed by atoms with E-state index in [4.69, 9.17) is 32.0 Å². The van der Waals surface area contributed by atoms with Crippen molar-refractivity contribution >= 4 is 34.9 Å². The van der Waals surface area contributed by atoms with Crippen molar-refractivity contribution in [3.8, 4) is 17.1 Å². The van der Waals surface area contributed by atoms with Crippen LogP contribution < -0.4 is 20.7 Å². The number of nitrogens with one attached hydrogen (secondary N) is 1. The lowest BCUT2D eigenvalue weighted by molar-refractivity contribution is -0.111. The molecule has 2 aliphatic heterocycles. The Bertz CT molecular complexity index is 1370. The lowest BCUT2D eigenvalue weighted by Crippen LogP contribution is -2.73. The molecule has 0 bridgehead atoms. The highest BCUT2D eigenvalue weighted by Crippen LogP contribution is 2.44. The number of Topliss-reactive ketones (excluding diaryl/α,β-unsaturated/α-hetero) is 1. The predicted octanol–water partition coefficient (Wildman–Crippen LogP) is 2.87. The summed E-state index contributed by atoms with van der Waals surface area (Å²) in [4.78, 5) is 37.7. The number of aliphatic hydroxyl groups is 1. The van der Waals surface area contributed by atoms with Crippen LogP contribution in [0.3, 0.4) is 0 Å². The fourth-order valence-electron chi connectivity index (χ4n) is 5.29. The number of amides is 1. The molecule has 0 unspecified atom stereocenters. The zero-order chi connectivity index (χ0) is 30.8. The maximum Gasteiger partial charge on any atom is 0.410 e. The van der Waals surface area contributed by atoms with Crippen molar-refractivity contribution in [3.05, 3.63) is 40.2 Å². The lowest BCUT2D eigenvalue weighted by atomic mass is 9.73. The number of hydrogen-bond donors (Lipinski definition) is 3. The van der Waals surface area contributed by atoms with E-state index in [-0.39, 0.29) is 29.2 Å². The van der Waals surface area contributed by atoms with Crippen LogP contribution in [0.5, 0.6) is 5.75 Å². The number of anilines is 1. The van der Waals surface area contributed by atoms with Crippen LogP contribution in [0.25, 0.3) is 17.0 Å². The molecule has 0 radical (unpaired) electrons. The number of likely N-dealkylation sites (tertiary alicyclic amines) is 1. The molecule has 14 heteroatoms. The summed E-state index contributed by atoms with van der Waals surface area (Å²) >= 11 is 6.58. The highest BCUT2D eigenvalue weighted by molar-refractivity contribution is 6.33. The van der Waals surface area contributed by atoms with Crippen molar-refractivity contribution in [1.82, 2.24) is 20.2 Å². The number of benzene rings is 1. The van der Waals surface area contributed by atoms with Crippen LogP contribution in [-0.2, 0) is 9.53 Å². The van der Waals surface area contributed by atoms with E-state index in [1.165, 1.54) is 11.8 Å². The summed E-state index contributed by atoms with van der Waals surface area (Å²) in [5, 5.41) is 13.3. The van der Waals surface area contributed by atoms with Crippen LogP contribution >= 0.6 is 11.6 Å². The molecule has 4 rings (SSSR count). The fourth-order valence-corrected chi connectivity index (χ4v) is 5.49. The molecular weight excluding hydrogens is 574 g/mol. The maximum absolute atomic E-state index is 12.6. The summed E-state index contributed by atoms with van der Waals surface area (Å²) in [7, 11) is 1.73. The Kier molecular flexibility index (Phi) is 9.53. The van der Waals surface area contributed by atoms with Gasteiger partial charge in [-0.1, -0.05) is 11.6 Å². The molecule has 0 saturated carbocycles. The van der Waals surface area contributed by atoms with E-state index < -0.39 is 25.2 Å². The minimum Gasteiger partial charge on any atom is -0.491 e. The molecule has 11 nitrogen and oxygen atoms in total. The van der Waals surface area contributed by atoms with E-state index in [1.54, 1.807) is 32.2 Å². The minimum absolute atomic E-state index is 0.0549. The average molecular weight is 609 g/mol. The molecule has 2 fully saturated rings. The summed E-state index contributed by atoms with van der Waals surface area (Å²) in [6.07, 6.45) is -4.19. The Balaban J connectivity index is 1.63. The SMILES string of the molecule is CNC[C@@H](O)COc1ccc(Cl)c(-c2nc(C(C(C)=O)=C(C)N)c(C)c(N3CC4(CN(C(=O)OCC(F)F)C4)C3)n2)c1. The number of nitrogens with two attached hydrogens (primary N) is 1. The Morgan fingerprint density at radius 3 is 2.48 bits per heavy atom. The average Bonchev–Trinajstić information content (AvgIpc) is 2.87. The third kappa shape index (κ3) is 6.74. The highest BCUT2D eigenvalue weighted by Gasteiger charge is 2.54. The number of ketones is 1. The molecular formula is C28H35ClF2N6O5. The molecule has 0 aliphatic carbocycles. The maximum atomic E-state index is 12.6. The van der Waals surface area contributed by atoms with Crippen LogP contribution in [0.15, 0.2) is 23.9 Å². The molecule has 3 heterocycles. The Morgan fingerprint density at radius 2 is 1.88 bits per heavy atom. The van der Waals surface area contributed by atoms with E-state index in [9.17, 15) is 23.5 Å². The number of carbonyl (C=O) groups excluding carboxylic acids is 2. The van der Waals surface area contributed by atoms with Crippen molar-refractivity contribution in [2.75, 3.05) is 57.9 Å². The zero-order valence-electron chi connectivity index (χ0n) is 23.9. The molecule has 1 amide bonds. The van der Waals surface area contributed by atoms with Crippen LogP contribution in [0, 0.1) is 12.3 Å². The zero-order valence-corrected chi connectivity index (χ0v) is 24.7. The molecule has 2 aromatic rings. The highest BCUT2D eigenvalue weighted by atomic mass is 35.5. The Hall–Kier alpha value is -3.55. The summed E-state index contributed by atoms with van der Waals surface area (Å²) in [6, 6.07) is 4.99. The molecule has 1 spiro atoms. The van der Waals surface area contributed by atoms with Gasteiger partial charge in [-0.2, -0.15) is 0 Å². The van der Waals surface area contributed by atoms with Crippen molar-refractivity contribution in [2.24, 2.45) is 11.1 Å². The van der Waals surface area contributed by atoms with Crippen LogP contribution in [0.4, 0.5) is 19.4 Å². The number of rotatable bonds is 11. The quantitative estimate of drug-likeness (QED) is 0.326. The van der Waals surface area contributed by atoms with Crippen LogP contribution in [0.1, 0.15) is 25.1 Å². The number of halogens is 3. The number of nitrogens with zero attached hydrogens (tertiary/aromatic N) is 4. The number of alkyl halides is 2. The third-order valence-electron chi connectivity index (χ3n) is 7.16. The molecule has 1 aromatic carbocycles. The van der Waals surface area contributed by atoms with Crippen molar-refractivity contribution in [1.29, 1.82) is 0 Å². The third-order valence-corrected chi connectivity index (χ3v) is 7.49. The van der Waals surface area contributed by atoms with Gasteiger partial charge in [-0.25, -0.2) is 23.5 Å². The largest absolute Gasteiger partial charge is 0.491 e. The molecule has 2 aliphatic rings. The Morgan fingerprint density at radius 1 is 1.19 bits per heavy atom. The van der Waals surface area contributed by atoms with Gasteiger partial charge in [0.25, 0.3) is 6.43 Å². The van der Waals surface area contributed by atoms with Crippen LogP contribution in [0.2, 0.25) is 5.02 Å². The van der Waals surface area contributed by atoms with Gasteiger partial charge in [-0.3, -0.25) is 4.79 Å². The normalized spacial score (nSPS) is 17.0. The number of aliphatic hydroxyl groups excluding tert-OH is 1. The number of aromatic nitrogens is 2. The summed E-state index contributed by atoms with van der Waals surface area (Å²) in [5.74, 6) is 1.02. The van der Waals surface area contributed by atoms with Gasteiger partial charge in [0.2, 0.25) is 0 Å². The number of likely N-dealkylation sites (N-methyl/N-ethyl adjacent to an activating group) is 1. The standard InChI is InChI=1S/C28H35ClF2N6O5/c1-15-24(23(16(2)32)17(3)38)34-25(20-7-19(5-6-21(20)29)41-9-18(39)8-33-4)35-26(15)36-11-28(12-36)13-37(14-28)27(40)42-10-22(30)31/h5-7,18,22,33,39H,8-14,32H2,1-4H3/t18-/m1/s1. The second-order valence-corrected chi connectivity index (χ2v) is 11.2. The first-order valence-electron chi connectivity index (χ1n) is 13.4. The second kappa shape index (κ2) is 12.8. The number of hydrogen-bond acceptors (Lipinski definition) is 10. The van der Waals surface area contributed by atoms with Crippen molar-refractivity contribution < 1.29 is 33.0 Å². The topological polar surface area (TPSA) is 143 Å². The van der Waals surface area contributed by atoms with Gasteiger partial charge in [0, 0.05) is 55.0 Å². The summed E-state index contributed by atoms with van der Waals surface area (Å²) in [5.41, 5.74) is 7.96. The monoisotopic (exact) mass is 608 g/mol. The first kappa shape index (κ1) is 31.4. The predicted molar refractivity (Wildman–Crippen MR) is 154 cm³/mol. The number of carbonyl (C=O) groups is 2. The van der Waals surface area contributed by atoms with E-state index in [0.29, 0.717) is 71.8 Å². The molecule has 1 aromatic heterocycles. The number of ether oxygens (including phenoxy) is 2. The van der Waals surface area contributed by atoms with Crippen LogP contribution in [-0.4, -0.2) is 97.4 Å². The summed E-state index contributed by atoms with van der Waals surface area (Å²) in [6.45, 7) is 6.18. The van der Waals surface area contributed by atoms with E-state index >= 15 is 0 Å². The molecule has 1 atom stereocenters. The molecule has 42 heavy (non-hydrogen) atoms. The van der Waals surface area contributed by atoms with Gasteiger partial charge >= 0.3 is 6.09 Å². The van der Waals surface area contributed by atoms with E-state index in [0.717, 1.165) is 0 Å². The second-order valence-electron chi connectivity index (χ2n) is 10.8. The molecule has 4 N–H and O–H groups in total. The van der Waals surface area contributed by atoms with Gasteiger partial charge in [-0.15, -0.1) is 0 Å². The smallest absolute Gasteiger partial charge is 0.410 e. The van der Waals surface area contributed by atoms with Crippen molar-refractivity contribution in [2.45, 2.75) is 33.3 Å². The van der Waals surface area contributed by atoms with Gasteiger partial charge in [0.1, 0.15) is 24.3 Å². The van der Waals surface area contributed by atoms with Gasteiger partial charge in [0.05, 0.1) is 16.3 Å². The first-order valence-corrected chi connectivity index (χ1v) is 13.8. The molecule has 228 valence electrons. The minimum atomic E-state index is -2.72. The van der Waals surface area contributed by atoms with Gasteiger partial charge in [-0.05, 0) is 46.0 Å². The van der Waals surface area contributed by atoms with E-state index in [1.807, 2.05) is 11.8 Å². The van der Waals surface area contributed by atoms with Crippen molar-refractivity contribution in [3.63, 3.8) is 0 Å². The first-order chi connectivity index (χ1) is 19.8. The number of allylic oxidation sites excluding steroid dienone is 2.